The molecule has 1 aliphatic carbocycles. The van der Waals surface area contributed by atoms with E-state index in [0.29, 0.717) is 11.1 Å². The number of carbonyl (C=O) groups is 1. The van der Waals surface area contributed by atoms with E-state index in [9.17, 15) is 18.0 Å². The highest BCUT2D eigenvalue weighted by Crippen LogP contribution is 2.35. The van der Waals surface area contributed by atoms with E-state index in [1.165, 1.54) is 12.1 Å². The third kappa shape index (κ3) is 2.35. The molecule has 0 radical (unpaired) electrons. The highest BCUT2D eigenvalue weighted by atomic mass is 19.4. The molecule has 0 amide bonds. The standard InChI is InChI=1S/C15H13F3O/c1-10-4-3-9-14(2,13(10)19)11-5-7-12(8-6-11)15(16,17)18/h3-9H,1-2H3. The van der Waals surface area contributed by atoms with Crippen LogP contribution in [-0.2, 0) is 16.4 Å². The van der Waals surface area contributed by atoms with Crippen LogP contribution < -0.4 is 0 Å². The molecule has 1 aromatic carbocycles. The Labute approximate surface area is 109 Å². The highest BCUT2D eigenvalue weighted by molar-refractivity contribution is 6.05. The summed E-state index contributed by atoms with van der Waals surface area (Å²) in [6.45, 7) is 3.42. The van der Waals surface area contributed by atoms with Crippen LogP contribution in [0.25, 0.3) is 0 Å². The summed E-state index contributed by atoms with van der Waals surface area (Å²) in [5, 5.41) is 0. The van der Waals surface area contributed by atoms with E-state index in [0.717, 1.165) is 12.1 Å². The average molecular weight is 266 g/mol. The summed E-state index contributed by atoms with van der Waals surface area (Å²) in [5.41, 5.74) is -0.429. The molecule has 0 aliphatic heterocycles. The molecule has 0 saturated carbocycles. The van der Waals surface area contributed by atoms with Gasteiger partial charge in [-0.05, 0) is 37.1 Å². The summed E-state index contributed by atoms with van der Waals surface area (Å²) < 4.78 is 37.5. The molecule has 1 unspecified atom stereocenters. The van der Waals surface area contributed by atoms with Crippen LogP contribution in [0.5, 0.6) is 0 Å². The van der Waals surface area contributed by atoms with Crippen LogP contribution in [0.1, 0.15) is 25.0 Å². The Balaban J connectivity index is 2.41. The van der Waals surface area contributed by atoms with Gasteiger partial charge in [0, 0.05) is 0 Å². The van der Waals surface area contributed by atoms with E-state index in [2.05, 4.69) is 0 Å². The monoisotopic (exact) mass is 266 g/mol. The van der Waals surface area contributed by atoms with Gasteiger partial charge in [-0.1, -0.05) is 30.4 Å². The fourth-order valence-corrected chi connectivity index (χ4v) is 2.18. The van der Waals surface area contributed by atoms with Crippen LogP contribution in [0.4, 0.5) is 13.2 Å². The molecular formula is C15H13F3O. The van der Waals surface area contributed by atoms with Gasteiger partial charge in [-0.2, -0.15) is 13.2 Å². The third-order valence-electron chi connectivity index (χ3n) is 3.42. The number of hydrogen-bond acceptors (Lipinski definition) is 1. The third-order valence-corrected chi connectivity index (χ3v) is 3.42. The zero-order valence-electron chi connectivity index (χ0n) is 10.6. The second-order valence-electron chi connectivity index (χ2n) is 4.82. The maximum absolute atomic E-state index is 12.5. The quantitative estimate of drug-likeness (QED) is 0.749. The van der Waals surface area contributed by atoms with Crippen molar-refractivity contribution in [3.8, 4) is 0 Å². The van der Waals surface area contributed by atoms with Gasteiger partial charge in [-0.3, -0.25) is 4.79 Å². The molecule has 0 aromatic heterocycles. The Hall–Kier alpha value is -1.84. The number of hydrogen-bond donors (Lipinski definition) is 0. The topological polar surface area (TPSA) is 17.1 Å². The van der Waals surface area contributed by atoms with Crippen molar-refractivity contribution in [2.24, 2.45) is 0 Å². The van der Waals surface area contributed by atoms with Crippen LogP contribution >= 0.6 is 0 Å². The first-order valence-corrected chi connectivity index (χ1v) is 5.84. The average Bonchev–Trinajstić information content (AvgIpc) is 2.35. The summed E-state index contributed by atoms with van der Waals surface area (Å²) in [7, 11) is 0. The van der Waals surface area contributed by atoms with Crippen molar-refractivity contribution in [1.29, 1.82) is 0 Å². The lowest BCUT2D eigenvalue weighted by atomic mass is 9.74. The molecule has 0 fully saturated rings. The van der Waals surface area contributed by atoms with E-state index in [1.807, 2.05) is 0 Å². The summed E-state index contributed by atoms with van der Waals surface area (Å²) in [6.07, 6.45) is 0.815. The number of alkyl halides is 3. The Kier molecular flexibility index (Phi) is 3.12. The Morgan fingerprint density at radius 2 is 1.68 bits per heavy atom. The minimum absolute atomic E-state index is 0.0882. The predicted octanol–water partition coefficient (Wildman–Crippen LogP) is 4.05. The van der Waals surface area contributed by atoms with Gasteiger partial charge in [-0.15, -0.1) is 0 Å². The Morgan fingerprint density at radius 1 is 1.11 bits per heavy atom. The number of carbonyl (C=O) groups excluding carboxylic acids is 1. The molecule has 0 saturated heterocycles. The fourth-order valence-electron chi connectivity index (χ4n) is 2.18. The summed E-state index contributed by atoms with van der Waals surface area (Å²) in [6, 6.07) is 4.75. The van der Waals surface area contributed by atoms with Gasteiger partial charge >= 0.3 is 6.18 Å². The van der Waals surface area contributed by atoms with E-state index < -0.39 is 17.2 Å². The second kappa shape index (κ2) is 4.37. The van der Waals surface area contributed by atoms with Crippen LogP contribution in [0.15, 0.2) is 48.1 Å². The van der Waals surface area contributed by atoms with Crippen molar-refractivity contribution < 1.29 is 18.0 Å². The first-order chi connectivity index (χ1) is 8.75. The molecule has 4 heteroatoms. The van der Waals surface area contributed by atoms with Gasteiger partial charge in [0.1, 0.15) is 0 Å². The molecule has 100 valence electrons. The van der Waals surface area contributed by atoms with Gasteiger partial charge in [0.05, 0.1) is 11.0 Å². The largest absolute Gasteiger partial charge is 0.416 e. The van der Waals surface area contributed by atoms with Crippen molar-refractivity contribution in [3.05, 3.63) is 59.2 Å². The highest BCUT2D eigenvalue weighted by Gasteiger charge is 2.36. The summed E-state index contributed by atoms with van der Waals surface area (Å²) >= 11 is 0. The van der Waals surface area contributed by atoms with Crippen LogP contribution in [0.3, 0.4) is 0 Å². The van der Waals surface area contributed by atoms with Gasteiger partial charge < -0.3 is 0 Å². The maximum Gasteiger partial charge on any atom is 0.416 e. The van der Waals surface area contributed by atoms with E-state index in [4.69, 9.17) is 0 Å². The lowest BCUT2D eigenvalue weighted by Gasteiger charge is -2.28. The van der Waals surface area contributed by atoms with Crippen molar-refractivity contribution in [2.75, 3.05) is 0 Å². The number of halogens is 3. The number of benzene rings is 1. The number of Topliss-reactive ketones (excluding diaryl/α,β-unsaturated/α-hetero) is 1. The van der Waals surface area contributed by atoms with E-state index in [-0.39, 0.29) is 5.78 Å². The zero-order chi connectivity index (χ0) is 14.3. The minimum atomic E-state index is -4.36. The van der Waals surface area contributed by atoms with Crippen molar-refractivity contribution in [3.63, 3.8) is 0 Å². The molecular weight excluding hydrogens is 253 g/mol. The van der Waals surface area contributed by atoms with Crippen LogP contribution in [0.2, 0.25) is 0 Å². The molecule has 1 atom stereocenters. The maximum atomic E-state index is 12.5. The van der Waals surface area contributed by atoms with Crippen LogP contribution in [-0.4, -0.2) is 5.78 Å². The van der Waals surface area contributed by atoms with Gasteiger partial charge in [-0.25, -0.2) is 0 Å². The molecule has 1 nitrogen and oxygen atoms in total. The number of ketones is 1. The van der Waals surface area contributed by atoms with Gasteiger partial charge in [0.25, 0.3) is 0 Å². The van der Waals surface area contributed by atoms with Crippen molar-refractivity contribution in [1.82, 2.24) is 0 Å². The van der Waals surface area contributed by atoms with E-state index in [1.54, 1.807) is 32.1 Å². The van der Waals surface area contributed by atoms with Crippen molar-refractivity contribution in [2.45, 2.75) is 25.4 Å². The molecule has 1 aromatic rings. The van der Waals surface area contributed by atoms with E-state index >= 15 is 0 Å². The fraction of sp³-hybridized carbons (Fsp3) is 0.267. The normalized spacial score (nSPS) is 23.4. The van der Waals surface area contributed by atoms with Gasteiger partial charge in [0.15, 0.2) is 5.78 Å². The predicted molar refractivity (Wildman–Crippen MR) is 66.7 cm³/mol. The van der Waals surface area contributed by atoms with Gasteiger partial charge in [0.2, 0.25) is 0 Å². The minimum Gasteiger partial charge on any atom is -0.293 e. The summed E-state index contributed by atoms with van der Waals surface area (Å²) in [5.74, 6) is -0.0882. The van der Waals surface area contributed by atoms with Crippen molar-refractivity contribution >= 4 is 5.78 Å². The lowest BCUT2D eigenvalue weighted by Crippen LogP contribution is -2.32. The lowest BCUT2D eigenvalue weighted by molar-refractivity contribution is -0.137. The molecule has 0 N–H and O–H groups in total. The Morgan fingerprint density at radius 3 is 2.21 bits per heavy atom. The number of rotatable bonds is 1. The van der Waals surface area contributed by atoms with Crippen LogP contribution in [0, 0.1) is 0 Å². The second-order valence-corrected chi connectivity index (χ2v) is 4.82. The molecule has 2 rings (SSSR count). The summed E-state index contributed by atoms with van der Waals surface area (Å²) in [4.78, 5) is 12.2. The molecule has 1 aliphatic rings. The molecule has 0 heterocycles. The Bertz CT molecular complexity index is 564. The molecule has 19 heavy (non-hydrogen) atoms. The smallest absolute Gasteiger partial charge is 0.293 e. The molecule has 0 bridgehead atoms. The first kappa shape index (κ1) is 13.6. The molecule has 0 spiro atoms. The zero-order valence-corrected chi connectivity index (χ0v) is 10.6. The first-order valence-electron chi connectivity index (χ1n) is 5.84. The number of allylic oxidation sites excluding steroid dienone is 4. The SMILES string of the molecule is CC1=CC=CC(C)(c2ccc(C(F)(F)F)cc2)C1=O.